The van der Waals surface area contributed by atoms with E-state index in [2.05, 4.69) is 10.2 Å². The topological polar surface area (TPSA) is 75.8 Å². The quantitative estimate of drug-likeness (QED) is 0.448. The van der Waals surface area contributed by atoms with Crippen molar-refractivity contribution in [2.45, 2.75) is 6.92 Å². The lowest BCUT2D eigenvalue weighted by molar-refractivity contribution is -0.701. The van der Waals surface area contributed by atoms with Crippen LogP contribution in [0, 0.1) is 18.3 Å². The van der Waals surface area contributed by atoms with Gasteiger partial charge < -0.3 is 5.41 Å². The number of nitriles is 1. The summed E-state index contributed by atoms with van der Waals surface area (Å²) in [6, 6.07) is 13.1. The van der Waals surface area contributed by atoms with E-state index in [1.807, 2.05) is 30.3 Å². The summed E-state index contributed by atoms with van der Waals surface area (Å²) in [7, 11) is 0. The molecule has 5 nitrogen and oxygen atoms in total. The van der Waals surface area contributed by atoms with E-state index in [9.17, 15) is 0 Å². The van der Waals surface area contributed by atoms with Gasteiger partial charge in [-0.25, -0.2) is 0 Å². The summed E-state index contributed by atoms with van der Waals surface area (Å²) in [5.41, 5.74) is 2.11. The second-order valence-electron chi connectivity index (χ2n) is 3.60. The van der Waals surface area contributed by atoms with Crippen LogP contribution in [-0.4, -0.2) is 16.1 Å². The van der Waals surface area contributed by atoms with Crippen molar-refractivity contribution in [1.82, 2.24) is 10.2 Å². The molecule has 0 aliphatic heterocycles. The van der Waals surface area contributed by atoms with Gasteiger partial charge in [0.05, 0.1) is 4.80 Å². The largest absolute Gasteiger partial charge is 0.757 e. The third-order valence-electron chi connectivity index (χ3n) is 2.28. The van der Waals surface area contributed by atoms with E-state index in [-0.39, 0.29) is 5.70 Å². The summed E-state index contributed by atoms with van der Waals surface area (Å²) in [6.07, 6.45) is 0. The molecule has 0 saturated carbocycles. The maximum absolute atomic E-state index is 8.82. The molecule has 2 aromatic rings. The molecule has 0 atom stereocenters. The molecular weight excluding hydrogens is 226 g/mol. The number of hydrogen-bond acceptors (Lipinski definition) is 3. The lowest BCUT2D eigenvalue weighted by Gasteiger charge is -1.98. The summed E-state index contributed by atoms with van der Waals surface area (Å²) >= 11 is 0. The average molecular weight is 235 g/mol. The van der Waals surface area contributed by atoms with Gasteiger partial charge >= 0.3 is 5.70 Å². The van der Waals surface area contributed by atoms with Crippen molar-refractivity contribution in [3.05, 3.63) is 47.5 Å². The first-order valence-electron chi connectivity index (χ1n) is 5.26. The molecule has 0 fully saturated rings. The highest BCUT2D eigenvalue weighted by Crippen LogP contribution is 2.14. The van der Waals surface area contributed by atoms with Crippen molar-refractivity contribution in [2.75, 3.05) is 0 Å². The van der Waals surface area contributed by atoms with E-state index in [1.54, 1.807) is 24.9 Å². The highest BCUT2D eigenvalue weighted by atomic mass is 15.5. The van der Waals surface area contributed by atoms with Gasteiger partial charge in [-0.2, -0.15) is 11.1 Å². The molecule has 0 radical (unpaired) electrons. The molecule has 0 saturated heterocycles. The van der Waals surface area contributed by atoms with Gasteiger partial charge in [-0.15, -0.1) is 0 Å². The van der Waals surface area contributed by atoms with E-state index < -0.39 is 0 Å². The van der Waals surface area contributed by atoms with Crippen molar-refractivity contribution in [3.8, 4) is 17.3 Å². The monoisotopic (exact) mass is 235 g/mol. The summed E-state index contributed by atoms with van der Waals surface area (Å²) in [4.78, 5) is 1.07. The molecule has 86 valence electrons. The Morgan fingerprint density at radius 3 is 2.61 bits per heavy atom. The van der Waals surface area contributed by atoms with Gasteiger partial charge in [-0.1, -0.05) is 30.3 Å². The van der Waals surface area contributed by atoms with Crippen LogP contribution in [0.25, 0.3) is 22.4 Å². The molecule has 2 rings (SSSR count). The molecule has 1 aromatic heterocycles. The highest BCUT2D eigenvalue weighted by Gasteiger charge is 2.15. The van der Waals surface area contributed by atoms with Crippen LogP contribution < -0.4 is 4.80 Å². The zero-order valence-corrected chi connectivity index (χ0v) is 9.70. The summed E-state index contributed by atoms with van der Waals surface area (Å²) in [6.45, 7) is 1.79. The molecule has 0 unspecified atom stereocenters. The Kier molecular flexibility index (Phi) is 3.24. The Bertz CT molecular complexity index is 664. The number of aryl methyl sites for hydroxylation is 1. The zero-order chi connectivity index (χ0) is 13.0. The van der Waals surface area contributed by atoms with Crippen LogP contribution in [0.2, 0.25) is 0 Å². The molecule has 0 aliphatic rings. The first-order chi connectivity index (χ1) is 8.74. The Morgan fingerprint density at radius 2 is 2.00 bits per heavy atom. The lowest BCUT2D eigenvalue weighted by atomic mass is 10.1. The van der Waals surface area contributed by atoms with Crippen molar-refractivity contribution >= 4 is 11.6 Å². The van der Waals surface area contributed by atoms with E-state index in [1.165, 1.54) is 0 Å². The van der Waals surface area contributed by atoms with Gasteiger partial charge in [0.15, 0.2) is 6.07 Å². The molecule has 1 heterocycles. The van der Waals surface area contributed by atoms with Crippen LogP contribution in [0.5, 0.6) is 0 Å². The fourth-order valence-corrected chi connectivity index (χ4v) is 1.49. The van der Waals surface area contributed by atoms with Crippen LogP contribution in [0.3, 0.4) is 0 Å². The highest BCUT2D eigenvalue weighted by molar-refractivity contribution is 5.83. The minimum atomic E-state index is -0.157. The molecule has 5 heteroatoms. The van der Waals surface area contributed by atoms with Crippen LogP contribution in [0.1, 0.15) is 5.69 Å². The first-order valence-corrected chi connectivity index (χ1v) is 5.26. The third kappa shape index (κ3) is 2.29. The summed E-state index contributed by atoms with van der Waals surface area (Å²) in [5, 5.41) is 25.8. The van der Waals surface area contributed by atoms with Crippen LogP contribution in [0.15, 0.2) is 36.4 Å². The smallest absolute Gasteiger partial charge is 0.364 e. The average Bonchev–Trinajstić information content (AvgIpc) is 2.40. The Morgan fingerprint density at radius 1 is 1.28 bits per heavy atom. The number of hydrogen-bond donors (Lipinski definition) is 0. The SMILES string of the molecule is Cc1cc(-c2ccccc2)n[n+](C(=C=[N-])C#N)n1. The number of allylic oxidation sites excluding steroid dienone is 1. The molecule has 18 heavy (non-hydrogen) atoms. The number of nitrogens with zero attached hydrogens (tertiary/aromatic N) is 5. The molecule has 0 N–H and O–H groups in total. The van der Waals surface area contributed by atoms with Crippen LogP contribution in [0.4, 0.5) is 0 Å². The maximum atomic E-state index is 8.82. The predicted molar refractivity (Wildman–Crippen MR) is 66.1 cm³/mol. The van der Waals surface area contributed by atoms with E-state index in [0.29, 0.717) is 11.4 Å². The first kappa shape index (κ1) is 11.6. The molecular formula is C13H9N5. The lowest BCUT2D eigenvalue weighted by Crippen LogP contribution is -2.41. The zero-order valence-electron chi connectivity index (χ0n) is 9.70. The maximum Gasteiger partial charge on any atom is 0.364 e. The molecule has 0 bridgehead atoms. The summed E-state index contributed by atoms with van der Waals surface area (Å²) < 4.78 is 0. The van der Waals surface area contributed by atoms with Crippen LogP contribution in [-0.2, 0) is 0 Å². The van der Waals surface area contributed by atoms with Crippen molar-refractivity contribution < 1.29 is 4.80 Å². The number of rotatable bonds is 2. The van der Waals surface area contributed by atoms with Gasteiger partial charge in [-0.3, -0.25) is 0 Å². The Hall–Kier alpha value is -2.83. The summed E-state index contributed by atoms with van der Waals surface area (Å²) in [5.74, 6) is 1.77. The van der Waals surface area contributed by atoms with Crippen LogP contribution >= 0.6 is 0 Å². The third-order valence-corrected chi connectivity index (χ3v) is 2.28. The van der Waals surface area contributed by atoms with Gasteiger partial charge in [0.25, 0.3) is 0 Å². The number of aromatic nitrogens is 3. The van der Waals surface area contributed by atoms with Gasteiger partial charge in [0.2, 0.25) is 0 Å². The second-order valence-corrected chi connectivity index (χ2v) is 3.60. The molecule has 0 amide bonds. The molecule has 0 aliphatic carbocycles. The van der Waals surface area contributed by atoms with Crippen molar-refractivity contribution in [1.29, 1.82) is 5.26 Å². The fourth-order valence-electron chi connectivity index (χ4n) is 1.49. The van der Waals surface area contributed by atoms with Crippen molar-refractivity contribution in [2.24, 2.45) is 0 Å². The van der Waals surface area contributed by atoms with Crippen molar-refractivity contribution in [3.63, 3.8) is 0 Å². The molecule has 1 aromatic carbocycles. The van der Waals surface area contributed by atoms with E-state index in [4.69, 9.17) is 10.7 Å². The Labute approximate surface area is 104 Å². The van der Waals surface area contributed by atoms with E-state index >= 15 is 0 Å². The fraction of sp³-hybridized carbons (Fsp3) is 0.0769. The Balaban J connectivity index is 2.59. The van der Waals surface area contributed by atoms with Gasteiger partial charge in [0.1, 0.15) is 11.4 Å². The normalized spacial score (nSPS) is 9.33. The van der Waals surface area contributed by atoms with E-state index in [0.717, 1.165) is 10.4 Å². The minimum absolute atomic E-state index is 0.157. The minimum Gasteiger partial charge on any atom is -0.757 e. The van der Waals surface area contributed by atoms with Gasteiger partial charge in [0, 0.05) is 15.8 Å². The standard InChI is InChI=1S/C13H9N5/c1-10-7-13(11-5-3-2-4-6-11)17-18(16-10)12(8-14)9-15/h2-7H,1H3. The number of benzene rings is 1. The molecule has 0 spiro atoms. The predicted octanol–water partition coefficient (Wildman–Crippen LogP) is 1.34. The second kappa shape index (κ2) is 5.00. The van der Waals surface area contributed by atoms with Gasteiger partial charge in [-0.05, 0) is 13.0 Å².